The van der Waals surface area contributed by atoms with Gasteiger partial charge in [-0.2, -0.15) is 5.26 Å². The number of fused-ring (bicyclic) bond motifs is 1. The molecule has 1 heterocycles. The Morgan fingerprint density at radius 1 is 1.43 bits per heavy atom. The zero-order valence-corrected chi connectivity index (χ0v) is 10.7. The molecule has 0 atom stereocenters. The third-order valence-electron chi connectivity index (χ3n) is 1.89. The lowest BCUT2D eigenvalue weighted by Gasteiger charge is -2.01. The summed E-state index contributed by atoms with van der Waals surface area (Å²) in [7, 11) is 0. The summed E-state index contributed by atoms with van der Waals surface area (Å²) in [6.07, 6.45) is 1.79. The largest absolute Gasteiger partial charge is 0.255 e. The fraction of sp³-hybridized carbons (Fsp3) is 0. The van der Waals surface area contributed by atoms with Crippen molar-refractivity contribution in [3.8, 4) is 6.07 Å². The van der Waals surface area contributed by atoms with E-state index < -0.39 is 0 Å². The molecule has 1 aromatic heterocycles. The van der Waals surface area contributed by atoms with E-state index in [1.807, 2.05) is 18.2 Å². The minimum absolute atomic E-state index is 0.647. The van der Waals surface area contributed by atoms with E-state index in [-0.39, 0.29) is 0 Å². The first-order valence-corrected chi connectivity index (χ1v) is 5.73. The molecular formula is C10H4BrIN2. The molecule has 0 bridgehead atoms. The Balaban J connectivity index is 2.93. The van der Waals surface area contributed by atoms with Crippen molar-refractivity contribution in [3.63, 3.8) is 0 Å². The third kappa shape index (κ3) is 1.62. The normalized spacial score (nSPS) is 10.1. The van der Waals surface area contributed by atoms with Crippen molar-refractivity contribution in [3.05, 3.63) is 38.0 Å². The highest BCUT2D eigenvalue weighted by molar-refractivity contribution is 14.1. The van der Waals surface area contributed by atoms with Gasteiger partial charge in [0, 0.05) is 19.6 Å². The molecule has 2 aromatic rings. The van der Waals surface area contributed by atoms with Gasteiger partial charge in [0.25, 0.3) is 0 Å². The molecule has 4 heteroatoms. The average molecular weight is 359 g/mol. The van der Waals surface area contributed by atoms with Crippen LogP contribution in [-0.4, -0.2) is 4.98 Å². The fourth-order valence-electron chi connectivity index (χ4n) is 1.26. The van der Waals surface area contributed by atoms with Gasteiger partial charge in [0.1, 0.15) is 6.07 Å². The molecule has 0 aliphatic heterocycles. The number of aromatic nitrogens is 1. The van der Waals surface area contributed by atoms with E-state index >= 15 is 0 Å². The standard InChI is InChI=1S/C10H4BrIN2/c11-9-1-2-10-7(8(9)4-13)3-6(12)5-14-10/h1-3,5H. The van der Waals surface area contributed by atoms with Gasteiger partial charge in [-0.05, 0) is 56.7 Å². The topological polar surface area (TPSA) is 36.7 Å². The predicted octanol–water partition coefficient (Wildman–Crippen LogP) is 3.47. The Kier molecular flexibility index (Phi) is 2.70. The Labute approximate surface area is 103 Å². The van der Waals surface area contributed by atoms with Crippen LogP contribution in [0.4, 0.5) is 0 Å². The Morgan fingerprint density at radius 3 is 2.93 bits per heavy atom. The summed E-state index contributed by atoms with van der Waals surface area (Å²) < 4.78 is 1.85. The summed E-state index contributed by atoms with van der Waals surface area (Å²) in [4.78, 5) is 4.25. The van der Waals surface area contributed by atoms with E-state index in [4.69, 9.17) is 5.26 Å². The van der Waals surface area contributed by atoms with E-state index in [1.165, 1.54) is 0 Å². The van der Waals surface area contributed by atoms with Gasteiger partial charge in [-0.1, -0.05) is 0 Å². The van der Waals surface area contributed by atoms with Gasteiger partial charge in [-0.15, -0.1) is 0 Å². The molecule has 0 saturated carbocycles. The van der Waals surface area contributed by atoms with E-state index in [0.717, 1.165) is 18.9 Å². The number of nitriles is 1. The van der Waals surface area contributed by atoms with Crippen molar-refractivity contribution in [1.29, 1.82) is 5.26 Å². The molecule has 2 rings (SSSR count). The lowest BCUT2D eigenvalue weighted by molar-refractivity contribution is 1.37. The maximum Gasteiger partial charge on any atom is 0.101 e. The van der Waals surface area contributed by atoms with Gasteiger partial charge >= 0.3 is 0 Å². The SMILES string of the molecule is N#Cc1c(Br)ccc2ncc(I)cc12. The van der Waals surface area contributed by atoms with Crippen LogP contribution in [0.3, 0.4) is 0 Å². The zero-order chi connectivity index (χ0) is 10.1. The highest BCUT2D eigenvalue weighted by Gasteiger charge is 2.05. The molecule has 0 aliphatic carbocycles. The highest BCUT2D eigenvalue weighted by Crippen LogP contribution is 2.25. The maximum absolute atomic E-state index is 9.00. The molecule has 0 aliphatic rings. The van der Waals surface area contributed by atoms with E-state index in [1.54, 1.807) is 6.20 Å². The van der Waals surface area contributed by atoms with Gasteiger partial charge in [0.2, 0.25) is 0 Å². The number of rotatable bonds is 0. The predicted molar refractivity (Wildman–Crippen MR) is 66.9 cm³/mol. The summed E-state index contributed by atoms with van der Waals surface area (Å²) in [6.45, 7) is 0. The summed E-state index contributed by atoms with van der Waals surface area (Å²) in [6, 6.07) is 7.89. The van der Waals surface area contributed by atoms with E-state index in [0.29, 0.717) is 5.56 Å². The first kappa shape index (κ1) is 9.87. The van der Waals surface area contributed by atoms with Crippen LogP contribution in [0.5, 0.6) is 0 Å². The molecule has 2 nitrogen and oxygen atoms in total. The first-order valence-electron chi connectivity index (χ1n) is 3.86. The van der Waals surface area contributed by atoms with Crippen LogP contribution >= 0.6 is 38.5 Å². The highest BCUT2D eigenvalue weighted by atomic mass is 127. The number of halogens is 2. The van der Waals surface area contributed by atoms with Crippen LogP contribution in [-0.2, 0) is 0 Å². The number of hydrogen-bond donors (Lipinski definition) is 0. The zero-order valence-electron chi connectivity index (χ0n) is 6.96. The van der Waals surface area contributed by atoms with Crippen LogP contribution < -0.4 is 0 Å². The van der Waals surface area contributed by atoms with Crippen molar-refractivity contribution < 1.29 is 0 Å². The number of pyridine rings is 1. The summed E-state index contributed by atoms with van der Waals surface area (Å²) in [5.74, 6) is 0. The maximum atomic E-state index is 9.00. The molecule has 0 unspecified atom stereocenters. The lowest BCUT2D eigenvalue weighted by Crippen LogP contribution is -1.86. The van der Waals surface area contributed by atoms with Crippen LogP contribution in [0.15, 0.2) is 28.9 Å². The van der Waals surface area contributed by atoms with Crippen LogP contribution in [0.1, 0.15) is 5.56 Å². The molecule has 68 valence electrons. The van der Waals surface area contributed by atoms with Gasteiger partial charge in [0.15, 0.2) is 0 Å². The van der Waals surface area contributed by atoms with Crippen LogP contribution in [0.25, 0.3) is 10.9 Å². The van der Waals surface area contributed by atoms with Gasteiger partial charge in [-0.25, -0.2) is 0 Å². The van der Waals surface area contributed by atoms with Crippen LogP contribution in [0.2, 0.25) is 0 Å². The molecule has 0 radical (unpaired) electrons. The second kappa shape index (κ2) is 3.83. The average Bonchev–Trinajstić information content (AvgIpc) is 2.17. The fourth-order valence-corrected chi connectivity index (χ4v) is 2.15. The van der Waals surface area contributed by atoms with E-state index in [9.17, 15) is 0 Å². The van der Waals surface area contributed by atoms with Gasteiger partial charge < -0.3 is 0 Å². The Hall–Kier alpha value is -0.670. The van der Waals surface area contributed by atoms with Gasteiger partial charge in [-0.3, -0.25) is 4.98 Å². The molecule has 0 fully saturated rings. The molecule has 0 spiro atoms. The summed E-state index contributed by atoms with van der Waals surface area (Å²) >= 11 is 5.53. The van der Waals surface area contributed by atoms with Crippen molar-refractivity contribution >= 4 is 49.4 Å². The second-order valence-corrected chi connectivity index (χ2v) is 4.85. The number of benzene rings is 1. The molecular weight excluding hydrogens is 355 g/mol. The minimum atomic E-state index is 0.647. The van der Waals surface area contributed by atoms with E-state index in [2.05, 4.69) is 49.6 Å². The molecule has 0 saturated heterocycles. The third-order valence-corrected chi connectivity index (χ3v) is 3.14. The molecule has 1 aromatic carbocycles. The smallest absolute Gasteiger partial charge is 0.101 e. The monoisotopic (exact) mass is 358 g/mol. The Bertz CT molecular complexity index is 540. The first-order chi connectivity index (χ1) is 6.72. The van der Waals surface area contributed by atoms with Crippen molar-refractivity contribution in [2.75, 3.05) is 0 Å². The lowest BCUT2D eigenvalue weighted by atomic mass is 10.1. The quantitative estimate of drug-likeness (QED) is 0.676. The minimum Gasteiger partial charge on any atom is -0.255 e. The number of hydrogen-bond acceptors (Lipinski definition) is 2. The van der Waals surface area contributed by atoms with Crippen LogP contribution in [0, 0.1) is 14.9 Å². The van der Waals surface area contributed by atoms with Gasteiger partial charge in [0.05, 0.1) is 11.1 Å². The van der Waals surface area contributed by atoms with Crippen molar-refractivity contribution in [2.24, 2.45) is 0 Å². The summed E-state index contributed by atoms with van der Waals surface area (Å²) in [5, 5.41) is 9.89. The Morgan fingerprint density at radius 2 is 2.21 bits per heavy atom. The number of nitrogens with zero attached hydrogens (tertiary/aromatic N) is 2. The summed E-state index contributed by atoms with van der Waals surface area (Å²) in [5.41, 5.74) is 1.50. The molecule has 0 N–H and O–H groups in total. The van der Waals surface area contributed by atoms with Crippen molar-refractivity contribution in [1.82, 2.24) is 4.98 Å². The molecule has 0 amide bonds. The van der Waals surface area contributed by atoms with Crippen molar-refractivity contribution in [2.45, 2.75) is 0 Å². The molecule has 14 heavy (non-hydrogen) atoms. The second-order valence-electron chi connectivity index (χ2n) is 2.75.